The number of nitrogens with one attached hydrogen (secondary N) is 2. The van der Waals surface area contributed by atoms with E-state index in [1.807, 2.05) is 12.1 Å². The van der Waals surface area contributed by atoms with E-state index in [1.54, 1.807) is 12.1 Å². The number of thioether (sulfide) groups is 1. The summed E-state index contributed by atoms with van der Waals surface area (Å²) >= 11 is 1.46. The van der Waals surface area contributed by atoms with Gasteiger partial charge in [0.05, 0.1) is 12.4 Å². The minimum Gasteiger partial charge on any atom is -0.493 e. The fourth-order valence-corrected chi connectivity index (χ4v) is 3.45. The normalized spacial score (nSPS) is 13.1. The van der Waals surface area contributed by atoms with Crippen LogP contribution in [0, 0.1) is 0 Å². The Kier molecular flexibility index (Phi) is 4.92. The van der Waals surface area contributed by atoms with Gasteiger partial charge in [0.1, 0.15) is 17.8 Å². The number of aromatic amines is 1. The van der Waals surface area contributed by atoms with Crippen LogP contribution < -0.4 is 10.1 Å². The van der Waals surface area contributed by atoms with Crippen LogP contribution in [0.25, 0.3) is 0 Å². The van der Waals surface area contributed by atoms with Crippen LogP contribution in [0.1, 0.15) is 33.9 Å². The first kappa shape index (κ1) is 16.7. The Morgan fingerprint density at radius 1 is 1.31 bits per heavy atom. The molecule has 0 unspecified atom stereocenters. The summed E-state index contributed by atoms with van der Waals surface area (Å²) in [5.41, 5.74) is 2.25. The lowest BCUT2D eigenvalue weighted by Crippen LogP contribution is -2.22. The molecule has 0 fully saturated rings. The maximum atomic E-state index is 12.3. The highest BCUT2D eigenvalue weighted by Crippen LogP contribution is 2.25. The zero-order valence-corrected chi connectivity index (χ0v) is 14.8. The van der Waals surface area contributed by atoms with Crippen LogP contribution in [-0.4, -0.2) is 27.7 Å². The van der Waals surface area contributed by atoms with E-state index in [4.69, 9.17) is 9.15 Å². The number of hydrogen-bond donors (Lipinski definition) is 2. The van der Waals surface area contributed by atoms with Gasteiger partial charge in [0.25, 0.3) is 5.91 Å². The fourth-order valence-electron chi connectivity index (χ4n) is 2.77. The third-order valence-corrected chi connectivity index (χ3v) is 4.95. The monoisotopic (exact) mass is 370 g/mol. The zero-order valence-electron chi connectivity index (χ0n) is 14.0. The van der Waals surface area contributed by atoms with E-state index < -0.39 is 0 Å². The van der Waals surface area contributed by atoms with Crippen LogP contribution in [0.5, 0.6) is 5.75 Å². The maximum Gasteiger partial charge on any atom is 0.287 e. The minimum absolute atomic E-state index is 0.227. The molecule has 0 saturated heterocycles. The smallest absolute Gasteiger partial charge is 0.287 e. The Balaban J connectivity index is 1.32. The summed E-state index contributed by atoms with van der Waals surface area (Å²) in [5.74, 6) is 2.32. The Labute approximate surface area is 154 Å². The van der Waals surface area contributed by atoms with Crippen LogP contribution in [-0.2, 0) is 18.7 Å². The third-order valence-electron chi connectivity index (χ3n) is 4.06. The predicted molar refractivity (Wildman–Crippen MR) is 96.1 cm³/mol. The van der Waals surface area contributed by atoms with Crippen LogP contribution in [0.4, 0.5) is 0 Å². The Morgan fingerprint density at radius 2 is 2.27 bits per heavy atom. The maximum absolute atomic E-state index is 12.3. The number of aryl methyl sites for hydroxylation is 1. The van der Waals surface area contributed by atoms with Gasteiger partial charge in [0, 0.05) is 6.54 Å². The molecule has 7 nitrogen and oxygen atoms in total. The molecule has 4 rings (SSSR count). The molecular weight excluding hydrogens is 352 g/mol. The van der Waals surface area contributed by atoms with E-state index in [1.165, 1.54) is 23.7 Å². The SMILES string of the molecule is O=C(NCc1ccc2c(c1)CCCO2)c1ccc(CSc2ncn[nH]2)o1. The molecule has 3 heterocycles. The average molecular weight is 370 g/mol. The van der Waals surface area contributed by atoms with Crippen molar-refractivity contribution in [3.05, 3.63) is 59.3 Å². The molecule has 0 radical (unpaired) electrons. The summed E-state index contributed by atoms with van der Waals surface area (Å²) in [6.07, 6.45) is 3.50. The van der Waals surface area contributed by atoms with Gasteiger partial charge in [-0.1, -0.05) is 23.9 Å². The lowest BCUT2D eigenvalue weighted by Gasteiger charge is -2.17. The van der Waals surface area contributed by atoms with Crippen LogP contribution in [0.2, 0.25) is 0 Å². The number of carbonyl (C=O) groups excluding carboxylic acids is 1. The highest BCUT2D eigenvalue weighted by molar-refractivity contribution is 7.98. The summed E-state index contributed by atoms with van der Waals surface area (Å²) in [7, 11) is 0. The molecule has 0 bridgehead atoms. The Hall–Kier alpha value is -2.74. The topological polar surface area (TPSA) is 93.0 Å². The van der Waals surface area contributed by atoms with Gasteiger partial charge < -0.3 is 14.5 Å². The highest BCUT2D eigenvalue weighted by Gasteiger charge is 2.13. The van der Waals surface area contributed by atoms with Gasteiger partial charge in [-0.15, -0.1) is 0 Å². The van der Waals surface area contributed by atoms with Gasteiger partial charge in [0.2, 0.25) is 0 Å². The van der Waals surface area contributed by atoms with Crippen molar-refractivity contribution in [3.63, 3.8) is 0 Å². The second-order valence-corrected chi connectivity index (χ2v) is 6.89. The van der Waals surface area contributed by atoms with E-state index >= 15 is 0 Å². The molecule has 1 aromatic carbocycles. The van der Waals surface area contributed by atoms with E-state index in [9.17, 15) is 4.79 Å². The standard InChI is InChI=1S/C18H18N4O3S/c23-17(16-6-4-14(25-16)10-26-18-20-11-21-22-18)19-9-12-3-5-15-13(8-12)2-1-7-24-15/h3-6,8,11H,1-2,7,9-10H2,(H,19,23)(H,20,21,22). The molecule has 134 valence electrons. The second-order valence-electron chi connectivity index (χ2n) is 5.92. The van der Waals surface area contributed by atoms with Crippen LogP contribution in [0.3, 0.4) is 0 Å². The molecule has 1 aliphatic heterocycles. The molecule has 26 heavy (non-hydrogen) atoms. The van der Waals surface area contributed by atoms with Crippen molar-refractivity contribution in [1.29, 1.82) is 0 Å². The van der Waals surface area contributed by atoms with Crippen molar-refractivity contribution in [1.82, 2.24) is 20.5 Å². The first-order valence-electron chi connectivity index (χ1n) is 8.37. The molecule has 1 aliphatic rings. The molecule has 0 atom stereocenters. The first-order chi connectivity index (χ1) is 12.8. The number of furan rings is 1. The number of H-pyrrole nitrogens is 1. The Bertz CT molecular complexity index is 892. The number of fused-ring (bicyclic) bond motifs is 1. The predicted octanol–water partition coefficient (Wildman–Crippen LogP) is 2.95. The summed E-state index contributed by atoms with van der Waals surface area (Å²) in [4.78, 5) is 16.3. The van der Waals surface area contributed by atoms with Crippen LogP contribution in [0.15, 0.2) is 46.2 Å². The van der Waals surface area contributed by atoms with Gasteiger partial charge in [-0.25, -0.2) is 4.98 Å². The quantitative estimate of drug-likeness (QED) is 0.648. The molecule has 3 aromatic rings. The number of hydrogen-bond acceptors (Lipinski definition) is 6. The number of rotatable bonds is 6. The highest BCUT2D eigenvalue weighted by atomic mass is 32.2. The fraction of sp³-hybridized carbons (Fsp3) is 0.278. The number of carbonyl (C=O) groups is 1. The number of ether oxygens (including phenoxy) is 1. The minimum atomic E-state index is -0.227. The van der Waals surface area contributed by atoms with Gasteiger partial charge in [-0.05, 0) is 42.2 Å². The van der Waals surface area contributed by atoms with Crippen molar-refractivity contribution in [2.45, 2.75) is 30.3 Å². The van der Waals surface area contributed by atoms with Gasteiger partial charge in [-0.2, -0.15) is 5.10 Å². The van der Waals surface area contributed by atoms with Gasteiger partial charge >= 0.3 is 0 Å². The third kappa shape index (κ3) is 3.91. The van der Waals surface area contributed by atoms with Crippen molar-refractivity contribution >= 4 is 17.7 Å². The number of nitrogens with zero attached hydrogens (tertiary/aromatic N) is 2. The lowest BCUT2D eigenvalue weighted by molar-refractivity contribution is 0.0921. The molecule has 1 amide bonds. The van der Waals surface area contributed by atoms with Gasteiger partial charge in [0.15, 0.2) is 10.9 Å². The molecule has 2 aromatic heterocycles. The zero-order chi connectivity index (χ0) is 17.8. The number of benzene rings is 1. The van der Waals surface area contributed by atoms with E-state index in [0.29, 0.717) is 29.0 Å². The number of aromatic nitrogens is 3. The molecule has 8 heteroatoms. The summed E-state index contributed by atoms with van der Waals surface area (Å²) in [6, 6.07) is 9.53. The lowest BCUT2D eigenvalue weighted by atomic mass is 10.0. The summed E-state index contributed by atoms with van der Waals surface area (Å²) in [5, 5.41) is 10.2. The van der Waals surface area contributed by atoms with Crippen molar-refractivity contribution < 1.29 is 13.9 Å². The van der Waals surface area contributed by atoms with Gasteiger partial charge in [-0.3, -0.25) is 9.89 Å². The molecule has 0 spiro atoms. The van der Waals surface area contributed by atoms with Crippen molar-refractivity contribution in [2.75, 3.05) is 6.61 Å². The second kappa shape index (κ2) is 7.65. The molecule has 0 saturated carbocycles. The molecule has 2 N–H and O–H groups in total. The van der Waals surface area contributed by atoms with E-state index in [-0.39, 0.29) is 5.91 Å². The van der Waals surface area contributed by atoms with E-state index in [2.05, 4.69) is 26.6 Å². The summed E-state index contributed by atoms with van der Waals surface area (Å²) in [6.45, 7) is 1.23. The Morgan fingerprint density at radius 3 is 3.15 bits per heavy atom. The first-order valence-corrected chi connectivity index (χ1v) is 9.36. The van der Waals surface area contributed by atoms with Crippen molar-refractivity contribution in [3.8, 4) is 5.75 Å². The molecule has 0 aliphatic carbocycles. The summed E-state index contributed by atoms with van der Waals surface area (Å²) < 4.78 is 11.2. The number of amides is 1. The van der Waals surface area contributed by atoms with E-state index in [0.717, 1.165) is 30.8 Å². The average Bonchev–Trinajstić information content (AvgIpc) is 3.36. The molecular formula is C18H18N4O3S. The van der Waals surface area contributed by atoms with Crippen molar-refractivity contribution in [2.24, 2.45) is 0 Å². The van der Waals surface area contributed by atoms with Crippen LogP contribution >= 0.6 is 11.8 Å². The largest absolute Gasteiger partial charge is 0.493 e.